The number of rotatable bonds is 5. The highest BCUT2D eigenvalue weighted by Gasteiger charge is 2.60. The second-order valence-electron chi connectivity index (χ2n) is 8.24. The van der Waals surface area contributed by atoms with E-state index in [0.717, 1.165) is 0 Å². The number of halogens is 1. The average Bonchev–Trinajstić information content (AvgIpc) is 3.14. The summed E-state index contributed by atoms with van der Waals surface area (Å²) in [4.78, 5) is 42.0. The fourth-order valence-corrected chi connectivity index (χ4v) is 4.55. The van der Waals surface area contributed by atoms with Crippen molar-refractivity contribution in [1.29, 1.82) is 0 Å². The molecular formula is C25H23ClN2O7. The maximum absolute atomic E-state index is 13.7. The summed E-state index contributed by atoms with van der Waals surface area (Å²) < 4.78 is 16.7. The number of carbonyl (C=O) groups excluding carboxylic acids is 3. The van der Waals surface area contributed by atoms with Crippen molar-refractivity contribution >= 4 is 46.7 Å². The van der Waals surface area contributed by atoms with Crippen LogP contribution in [-0.2, 0) is 9.59 Å². The van der Waals surface area contributed by atoms with Gasteiger partial charge in [0.15, 0.2) is 17.3 Å². The molecule has 4 rings (SSSR count). The summed E-state index contributed by atoms with van der Waals surface area (Å²) in [6, 6.07) is 8.03. The highest BCUT2D eigenvalue weighted by Crippen LogP contribution is 2.54. The monoisotopic (exact) mass is 498 g/mol. The number of hydrogen-bond acceptors (Lipinski definition) is 8. The number of anilines is 1. The van der Waals surface area contributed by atoms with Crippen molar-refractivity contribution in [3.63, 3.8) is 0 Å². The Morgan fingerprint density at radius 3 is 2.49 bits per heavy atom. The highest BCUT2D eigenvalue weighted by atomic mass is 35.5. The van der Waals surface area contributed by atoms with Crippen LogP contribution in [0.2, 0.25) is 5.02 Å². The Hall–Kier alpha value is -3.85. The number of nitrogens with zero attached hydrogens (tertiary/aromatic N) is 1. The number of aliphatic imine (C=N–C) groups is 1. The number of Topliss-reactive ketones (excluding diaryl/α,β-unsaturated/α-hetero) is 2. The quantitative estimate of drug-likeness (QED) is 0.583. The van der Waals surface area contributed by atoms with Gasteiger partial charge in [0.25, 0.3) is 0 Å². The molecule has 2 aromatic carbocycles. The number of methoxy groups -OCH3 is 2. The van der Waals surface area contributed by atoms with Crippen molar-refractivity contribution in [2.24, 2.45) is 10.9 Å². The molecule has 182 valence electrons. The number of fused-ring (bicyclic) bond motifs is 1. The van der Waals surface area contributed by atoms with E-state index in [9.17, 15) is 19.5 Å². The van der Waals surface area contributed by atoms with Crippen LogP contribution in [0.15, 0.2) is 46.7 Å². The number of amides is 1. The van der Waals surface area contributed by atoms with E-state index in [1.54, 1.807) is 31.2 Å². The van der Waals surface area contributed by atoms with Crippen LogP contribution in [0, 0.1) is 5.92 Å². The Bertz CT molecular complexity index is 1300. The molecule has 0 radical (unpaired) electrons. The molecule has 1 heterocycles. The van der Waals surface area contributed by atoms with Gasteiger partial charge in [-0.25, -0.2) is 0 Å². The van der Waals surface area contributed by atoms with Crippen LogP contribution in [-0.4, -0.2) is 48.6 Å². The molecule has 1 aliphatic heterocycles. The van der Waals surface area contributed by atoms with E-state index < -0.39 is 23.1 Å². The maximum Gasteiger partial charge on any atom is 0.231 e. The number of hydrogen-bond donors (Lipinski definition) is 2. The zero-order chi connectivity index (χ0) is 25.5. The summed E-state index contributed by atoms with van der Waals surface area (Å²) in [6.07, 6.45) is 1.14. The number of ketones is 2. The lowest BCUT2D eigenvalue weighted by Crippen LogP contribution is -2.52. The summed E-state index contributed by atoms with van der Waals surface area (Å²) in [6.45, 7) is 3.04. The van der Waals surface area contributed by atoms with Crippen LogP contribution >= 0.6 is 11.6 Å². The minimum Gasteiger partial charge on any atom is -0.507 e. The van der Waals surface area contributed by atoms with Crippen molar-refractivity contribution in [3.05, 3.63) is 52.3 Å². The van der Waals surface area contributed by atoms with Crippen molar-refractivity contribution in [1.82, 2.24) is 0 Å². The van der Waals surface area contributed by atoms with Crippen LogP contribution in [0.4, 0.5) is 11.4 Å². The largest absolute Gasteiger partial charge is 0.507 e. The average molecular weight is 499 g/mol. The van der Waals surface area contributed by atoms with Crippen LogP contribution in [0.1, 0.15) is 30.6 Å². The second-order valence-corrected chi connectivity index (χ2v) is 8.62. The van der Waals surface area contributed by atoms with Gasteiger partial charge in [-0.1, -0.05) is 18.5 Å². The van der Waals surface area contributed by atoms with E-state index in [4.69, 9.17) is 25.8 Å². The lowest BCUT2D eigenvalue weighted by Gasteiger charge is -2.36. The highest BCUT2D eigenvalue weighted by molar-refractivity contribution is 6.35. The number of allylic oxidation sites excluding steroid dienone is 1. The third-order valence-corrected chi connectivity index (χ3v) is 6.40. The topological polar surface area (TPSA) is 124 Å². The molecule has 10 heteroatoms. The van der Waals surface area contributed by atoms with Crippen LogP contribution in [0.5, 0.6) is 17.2 Å². The first-order valence-corrected chi connectivity index (χ1v) is 11.1. The van der Waals surface area contributed by atoms with Crippen LogP contribution < -0.4 is 19.5 Å². The SMILES string of the molecule is COc1cc(OC)c2c(c1Cl)OC1(C2=O)C(O)=C(C=Nc2ccc(NC(C)=O)cc2)C(=O)CC1C. The summed E-state index contributed by atoms with van der Waals surface area (Å²) >= 11 is 6.42. The standard InChI is InChI=1S/C25H23ClN2O7/c1-12-9-17(30)16(11-27-14-5-7-15(8-6-14)28-13(2)29)23(31)25(12)24(32)20-18(33-3)10-19(34-4)21(26)22(20)35-25/h5-8,10-12,31H,9H2,1-4H3,(H,28,29). The molecule has 1 spiro atoms. The molecule has 1 amide bonds. The second kappa shape index (κ2) is 9.07. The van der Waals surface area contributed by atoms with E-state index in [2.05, 4.69) is 10.3 Å². The molecule has 2 unspecified atom stereocenters. The zero-order valence-electron chi connectivity index (χ0n) is 19.5. The molecule has 2 atom stereocenters. The molecule has 0 aromatic heterocycles. The Morgan fingerprint density at radius 1 is 1.23 bits per heavy atom. The minimum absolute atomic E-state index is 0.0189. The van der Waals surface area contributed by atoms with Gasteiger partial charge in [0, 0.05) is 37.2 Å². The third kappa shape index (κ3) is 3.91. The first-order valence-electron chi connectivity index (χ1n) is 10.7. The van der Waals surface area contributed by atoms with Crippen LogP contribution in [0.3, 0.4) is 0 Å². The van der Waals surface area contributed by atoms with Crippen molar-refractivity contribution in [2.45, 2.75) is 25.9 Å². The summed E-state index contributed by atoms with van der Waals surface area (Å²) in [7, 11) is 2.80. The van der Waals surface area contributed by atoms with Gasteiger partial charge >= 0.3 is 0 Å². The first-order chi connectivity index (χ1) is 16.6. The molecule has 9 nitrogen and oxygen atoms in total. The molecule has 2 N–H and O–H groups in total. The fraction of sp³-hybridized carbons (Fsp3) is 0.280. The Balaban J connectivity index is 1.77. The Morgan fingerprint density at radius 2 is 1.89 bits per heavy atom. The van der Waals surface area contributed by atoms with E-state index in [1.165, 1.54) is 33.4 Å². The lowest BCUT2D eigenvalue weighted by atomic mass is 9.73. The predicted molar refractivity (Wildman–Crippen MR) is 130 cm³/mol. The van der Waals surface area contributed by atoms with Gasteiger partial charge in [-0.15, -0.1) is 0 Å². The van der Waals surface area contributed by atoms with Gasteiger partial charge < -0.3 is 24.6 Å². The van der Waals surface area contributed by atoms with E-state index in [-0.39, 0.29) is 51.5 Å². The number of aliphatic hydroxyl groups excluding tert-OH is 1. The molecule has 35 heavy (non-hydrogen) atoms. The zero-order valence-corrected chi connectivity index (χ0v) is 20.2. The van der Waals surface area contributed by atoms with Gasteiger partial charge in [-0.2, -0.15) is 0 Å². The summed E-state index contributed by atoms with van der Waals surface area (Å²) in [5.74, 6) is -1.98. The molecule has 0 bridgehead atoms. The first kappa shape index (κ1) is 24.3. The smallest absolute Gasteiger partial charge is 0.231 e. The molecule has 0 saturated heterocycles. The van der Waals surface area contributed by atoms with Gasteiger partial charge in [0.2, 0.25) is 17.3 Å². The number of nitrogens with one attached hydrogen (secondary N) is 1. The van der Waals surface area contributed by atoms with Gasteiger partial charge in [-0.3, -0.25) is 19.4 Å². The lowest BCUT2D eigenvalue weighted by molar-refractivity contribution is -0.119. The predicted octanol–water partition coefficient (Wildman–Crippen LogP) is 4.45. The van der Waals surface area contributed by atoms with Crippen LogP contribution in [0.25, 0.3) is 0 Å². The van der Waals surface area contributed by atoms with Gasteiger partial charge in [0.05, 0.1) is 25.5 Å². The van der Waals surface area contributed by atoms with Crippen molar-refractivity contribution in [2.75, 3.05) is 19.5 Å². The molecule has 0 saturated carbocycles. The molecule has 1 aliphatic carbocycles. The number of carbonyl (C=O) groups is 3. The Labute approximate surface area is 206 Å². The minimum atomic E-state index is -1.86. The summed E-state index contributed by atoms with van der Waals surface area (Å²) in [5, 5.41) is 14.0. The number of benzene rings is 2. The van der Waals surface area contributed by atoms with Gasteiger partial charge in [-0.05, 0) is 24.3 Å². The molecule has 2 aliphatic rings. The molecule has 0 fully saturated rings. The van der Waals surface area contributed by atoms with E-state index in [0.29, 0.717) is 11.4 Å². The Kier molecular flexibility index (Phi) is 6.29. The fourth-order valence-electron chi connectivity index (χ4n) is 4.29. The third-order valence-electron chi connectivity index (χ3n) is 6.04. The van der Waals surface area contributed by atoms with Gasteiger partial charge in [0.1, 0.15) is 22.1 Å². The number of ether oxygens (including phenoxy) is 3. The summed E-state index contributed by atoms with van der Waals surface area (Å²) in [5.41, 5.74) is -0.885. The normalized spacial score (nSPS) is 21.3. The van der Waals surface area contributed by atoms with E-state index in [1.807, 2.05) is 0 Å². The van der Waals surface area contributed by atoms with E-state index >= 15 is 0 Å². The van der Waals surface area contributed by atoms with Crippen molar-refractivity contribution in [3.8, 4) is 17.2 Å². The molecule has 2 aromatic rings. The van der Waals surface area contributed by atoms with Crippen molar-refractivity contribution < 1.29 is 33.7 Å². The number of aliphatic hydroxyl groups is 1. The molecular weight excluding hydrogens is 476 g/mol. The maximum atomic E-state index is 13.7.